The van der Waals surface area contributed by atoms with Crippen LogP contribution >= 0.6 is 11.8 Å². The predicted octanol–water partition coefficient (Wildman–Crippen LogP) is 3.94. The monoisotopic (exact) mass is 257 g/mol. The Bertz CT molecular complexity index is 525. The number of rotatable bonds is 4. The SMILES string of the molecule is CC(=O)Nc1ccccc1SCc1ccccc1. The Labute approximate surface area is 111 Å². The van der Waals surface area contributed by atoms with Crippen molar-refractivity contribution in [3.05, 3.63) is 60.2 Å². The van der Waals surface area contributed by atoms with Gasteiger partial charge in [0.05, 0.1) is 5.69 Å². The molecule has 0 aliphatic carbocycles. The molecule has 0 bridgehead atoms. The maximum absolute atomic E-state index is 11.1. The molecule has 0 atom stereocenters. The molecular weight excluding hydrogens is 242 g/mol. The van der Waals surface area contributed by atoms with E-state index in [0.29, 0.717) is 0 Å². The van der Waals surface area contributed by atoms with E-state index in [1.807, 2.05) is 42.5 Å². The molecule has 3 heteroatoms. The van der Waals surface area contributed by atoms with Gasteiger partial charge in [-0.05, 0) is 17.7 Å². The van der Waals surface area contributed by atoms with Gasteiger partial charge in [0.2, 0.25) is 5.91 Å². The minimum absolute atomic E-state index is 0.0391. The van der Waals surface area contributed by atoms with Crippen molar-refractivity contribution in [1.82, 2.24) is 0 Å². The van der Waals surface area contributed by atoms with E-state index in [2.05, 4.69) is 17.4 Å². The van der Waals surface area contributed by atoms with Crippen LogP contribution in [0.4, 0.5) is 5.69 Å². The van der Waals surface area contributed by atoms with Gasteiger partial charge in [-0.2, -0.15) is 0 Å². The first kappa shape index (κ1) is 12.7. The first-order chi connectivity index (χ1) is 8.75. The molecule has 0 unspecified atom stereocenters. The Morgan fingerprint density at radius 1 is 1.06 bits per heavy atom. The van der Waals surface area contributed by atoms with Gasteiger partial charge in [0.25, 0.3) is 0 Å². The largest absolute Gasteiger partial charge is 0.325 e. The molecule has 18 heavy (non-hydrogen) atoms. The summed E-state index contributed by atoms with van der Waals surface area (Å²) in [6.07, 6.45) is 0. The number of carbonyl (C=O) groups excluding carboxylic acids is 1. The van der Waals surface area contributed by atoms with Crippen molar-refractivity contribution >= 4 is 23.4 Å². The number of benzene rings is 2. The second kappa shape index (κ2) is 6.26. The van der Waals surface area contributed by atoms with Gasteiger partial charge in [-0.25, -0.2) is 0 Å². The fourth-order valence-corrected chi connectivity index (χ4v) is 2.58. The summed E-state index contributed by atoms with van der Waals surface area (Å²) in [6, 6.07) is 18.2. The minimum Gasteiger partial charge on any atom is -0.325 e. The summed E-state index contributed by atoms with van der Waals surface area (Å²) < 4.78 is 0. The Morgan fingerprint density at radius 2 is 1.72 bits per heavy atom. The number of anilines is 1. The highest BCUT2D eigenvalue weighted by Gasteiger charge is 2.03. The summed E-state index contributed by atoms with van der Waals surface area (Å²) in [6.45, 7) is 1.53. The number of para-hydroxylation sites is 1. The molecule has 92 valence electrons. The molecule has 0 saturated heterocycles. The molecule has 0 spiro atoms. The first-order valence-electron chi connectivity index (χ1n) is 5.79. The van der Waals surface area contributed by atoms with E-state index in [9.17, 15) is 4.79 Å². The van der Waals surface area contributed by atoms with Crippen LogP contribution in [0.2, 0.25) is 0 Å². The van der Waals surface area contributed by atoms with Crippen molar-refractivity contribution in [2.24, 2.45) is 0 Å². The van der Waals surface area contributed by atoms with E-state index < -0.39 is 0 Å². The van der Waals surface area contributed by atoms with Crippen molar-refractivity contribution in [3.63, 3.8) is 0 Å². The molecule has 2 aromatic rings. The fraction of sp³-hybridized carbons (Fsp3) is 0.133. The summed E-state index contributed by atoms with van der Waals surface area (Å²) in [7, 11) is 0. The molecule has 1 N–H and O–H groups in total. The average molecular weight is 257 g/mol. The topological polar surface area (TPSA) is 29.1 Å². The summed E-state index contributed by atoms with van der Waals surface area (Å²) in [5.41, 5.74) is 2.16. The lowest BCUT2D eigenvalue weighted by atomic mass is 10.2. The van der Waals surface area contributed by atoms with Gasteiger partial charge >= 0.3 is 0 Å². The third-order valence-corrected chi connectivity index (χ3v) is 3.58. The van der Waals surface area contributed by atoms with Gasteiger partial charge < -0.3 is 5.32 Å². The molecule has 0 aliphatic rings. The van der Waals surface area contributed by atoms with Crippen molar-refractivity contribution in [2.75, 3.05) is 5.32 Å². The molecule has 0 aliphatic heterocycles. The number of thioether (sulfide) groups is 1. The van der Waals surface area contributed by atoms with Gasteiger partial charge in [-0.1, -0.05) is 42.5 Å². The van der Waals surface area contributed by atoms with Crippen molar-refractivity contribution in [1.29, 1.82) is 0 Å². The van der Waals surface area contributed by atoms with E-state index in [1.165, 1.54) is 12.5 Å². The molecule has 0 fully saturated rings. The van der Waals surface area contributed by atoms with Gasteiger partial charge in [-0.15, -0.1) is 11.8 Å². The van der Waals surface area contributed by atoms with Gasteiger partial charge in [0, 0.05) is 17.6 Å². The zero-order valence-corrected chi connectivity index (χ0v) is 11.0. The number of amides is 1. The maximum Gasteiger partial charge on any atom is 0.221 e. The van der Waals surface area contributed by atoms with E-state index in [1.54, 1.807) is 11.8 Å². The quantitative estimate of drug-likeness (QED) is 0.841. The van der Waals surface area contributed by atoms with E-state index >= 15 is 0 Å². The highest BCUT2D eigenvalue weighted by molar-refractivity contribution is 7.98. The lowest BCUT2D eigenvalue weighted by Crippen LogP contribution is -2.06. The summed E-state index contributed by atoms with van der Waals surface area (Å²) in [5.74, 6) is 0.861. The van der Waals surface area contributed by atoms with Crippen LogP contribution in [0.3, 0.4) is 0 Å². The second-order valence-corrected chi connectivity index (χ2v) is 4.97. The van der Waals surface area contributed by atoms with Gasteiger partial charge in [0.1, 0.15) is 0 Å². The molecule has 2 rings (SSSR count). The Kier molecular flexibility index (Phi) is 4.42. The molecule has 0 saturated carbocycles. The second-order valence-electron chi connectivity index (χ2n) is 3.95. The molecule has 2 nitrogen and oxygen atoms in total. The van der Waals surface area contributed by atoms with Crippen LogP contribution in [-0.2, 0) is 10.5 Å². The molecule has 0 aromatic heterocycles. The van der Waals surface area contributed by atoms with Crippen LogP contribution in [0, 0.1) is 0 Å². The fourth-order valence-electron chi connectivity index (χ4n) is 1.62. The van der Waals surface area contributed by atoms with Crippen LogP contribution in [-0.4, -0.2) is 5.91 Å². The van der Waals surface area contributed by atoms with E-state index in [0.717, 1.165) is 16.3 Å². The Hall–Kier alpha value is -1.74. The van der Waals surface area contributed by atoms with Crippen LogP contribution in [0.25, 0.3) is 0 Å². The normalized spacial score (nSPS) is 10.1. The highest BCUT2D eigenvalue weighted by atomic mass is 32.2. The Morgan fingerprint density at radius 3 is 2.44 bits per heavy atom. The molecular formula is C15H15NOS. The molecule has 0 radical (unpaired) electrons. The van der Waals surface area contributed by atoms with Gasteiger partial charge in [0.15, 0.2) is 0 Å². The highest BCUT2D eigenvalue weighted by Crippen LogP contribution is 2.29. The average Bonchev–Trinajstić information content (AvgIpc) is 2.38. The Balaban J connectivity index is 2.07. The van der Waals surface area contributed by atoms with Crippen LogP contribution < -0.4 is 5.32 Å². The zero-order chi connectivity index (χ0) is 12.8. The molecule has 1 amide bonds. The third kappa shape index (κ3) is 3.64. The molecule has 0 heterocycles. The lowest BCUT2D eigenvalue weighted by Gasteiger charge is -2.09. The smallest absolute Gasteiger partial charge is 0.221 e. The lowest BCUT2D eigenvalue weighted by molar-refractivity contribution is -0.114. The first-order valence-corrected chi connectivity index (χ1v) is 6.77. The van der Waals surface area contributed by atoms with Crippen molar-refractivity contribution in [3.8, 4) is 0 Å². The third-order valence-electron chi connectivity index (χ3n) is 2.43. The number of hydrogen-bond donors (Lipinski definition) is 1. The summed E-state index contributed by atoms with van der Waals surface area (Å²) in [4.78, 5) is 12.2. The zero-order valence-electron chi connectivity index (χ0n) is 10.2. The van der Waals surface area contributed by atoms with Crippen LogP contribution in [0.15, 0.2) is 59.5 Å². The van der Waals surface area contributed by atoms with Crippen LogP contribution in [0.1, 0.15) is 12.5 Å². The summed E-state index contributed by atoms with van der Waals surface area (Å²) in [5, 5.41) is 2.85. The number of carbonyl (C=O) groups is 1. The van der Waals surface area contributed by atoms with Gasteiger partial charge in [-0.3, -0.25) is 4.79 Å². The summed E-state index contributed by atoms with van der Waals surface area (Å²) >= 11 is 1.73. The van der Waals surface area contributed by atoms with E-state index in [4.69, 9.17) is 0 Å². The van der Waals surface area contributed by atoms with Crippen LogP contribution in [0.5, 0.6) is 0 Å². The molecule has 2 aromatic carbocycles. The van der Waals surface area contributed by atoms with Crippen molar-refractivity contribution in [2.45, 2.75) is 17.6 Å². The predicted molar refractivity (Wildman–Crippen MR) is 76.7 cm³/mol. The van der Waals surface area contributed by atoms with E-state index in [-0.39, 0.29) is 5.91 Å². The van der Waals surface area contributed by atoms with Crippen molar-refractivity contribution < 1.29 is 4.79 Å². The number of hydrogen-bond acceptors (Lipinski definition) is 2. The minimum atomic E-state index is -0.0391. The maximum atomic E-state index is 11.1. The standard InChI is InChI=1S/C15H15NOS/c1-12(17)16-14-9-5-6-10-15(14)18-11-13-7-3-2-4-8-13/h2-10H,11H2,1H3,(H,16,17). The number of nitrogens with one attached hydrogen (secondary N) is 1.